The van der Waals surface area contributed by atoms with E-state index in [0.717, 1.165) is 38.7 Å². The van der Waals surface area contributed by atoms with Crippen LogP contribution in [0.3, 0.4) is 0 Å². The van der Waals surface area contributed by atoms with Crippen molar-refractivity contribution in [2.75, 3.05) is 0 Å². The van der Waals surface area contributed by atoms with Crippen LogP contribution >= 0.6 is 0 Å². The predicted molar refractivity (Wildman–Crippen MR) is 118 cm³/mol. The van der Waals surface area contributed by atoms with Crippen LogP contribution < -0.4 is 5.32 Å². The van der Waals surface area contributed by atoms with Gasteiger partial charge in [-0.3, -0.25) is 19.8 Å². The summed E-state index contributed by atoms with van der Waals surface area (Å²) in [5.74, 6) is -1.28. The lowest BCUT2D eigenvalue weighted by atomic mass is 10.1. The summed E-state index contributed by atoms with van der Waals surface area (Å²) in [6.07, 6.45) is 1.57. The minimum Gasteiger partial charge on any atom is -0.318 e. The van der Waals surface area contributed by atoms with Crippen molar-refractivity contribution in [3.8, 4) is 5.69 Å². The maximum Gasteiger partial charge on any atom is 0.331 e. The van der Waals surface area contributed by atoms with Gasteiger partial charge in [0.15, 0.2) is 0 Å². The molecule has 1 fully saturated rings. The third kappa shape index (κ3) is 3.80. The highest BCUT2D eigenvalue weighted by Gasteiger charge is 2.35. The number of aryl methyl sites for hydroxylation is 2. The van der Waals surface area contributed by atoms with Crippen molar-refractivity contribution < 1.29 is 14.4 Å². The highest BCUT2D eigenvalue weighted by Crippen LogP contribution is 2.26. The number of benzene rings is 2. The normalized spacial score (nSPS) is 15.5. The Morgan fingerprint density at radius 3 is 2.29 bits per heavy atom. The van der Waals surface area contributed by atoms with Crippen molar-refractivity contribution in [3.05, 3.63) is 94.3 Å². The number of aromatic nitrogens is 1. The van der Waals surface area contributed by atoms with Crippen molar-refractivity contribution in [3.63, 3.8) is 0 Å². The molecule has 2 aromatic carbocycles. The Hall–Kier alpha value is -3.93. The SMILES string of the molecule is Cc1ccccc1-n1c(C)cc(C=C2C(=O)NC(=O)N(Cc3ccccc3)C2=O)c1C. The lowest BCUT2D eigenvalue weighted by Gasteiger charge is -2.26. The Kier molecular flexibility index (Phi) is 5.29. The van der Waals surface area contributed by atoms with Gasteiger partial charge in [0.25, 0.3) is 11.8 Å². The van der Waals surface area contributed by atoms with Gasteiger partial charge in [-0.15, -0.1) is 0 Å². The minimum absolute atomic E-state index is 0.0550. The number of carbonyl (C=O) groups is 3. The molecule has 4 rings (SSSR count). The molecular formula is C25H23N3O3. The summed E-state index contributed by atoms with van der Waals surface area (Å²) in [6.45, 7) is 6.06. The molecule has 0 aliphatic carbocycles. The molecule has 0 spiro atoms. The summed E-state index contributed by atoms with van der Waals surface area (Å²) in [6, 6.07) is 18.5. The van der Waals surface area contributed by atoms with Crippen molar-refractivity contribution in [2.45, 2.75) is 27.3 Å². The fourth-order valence-corrected chi connectivity index (χ4v) is 3.88. The standard InChI is InChI=1S/C25H23N3O3/c1-16-9-7-8-12-22(16)28-17(2)13-20(18(28)3)14-21-23(29)26-25(31)27(24(21)30)15-19-10-5-4-6-11-19/h4-14H,15H2,1-3H3,(H,26,29,31). The fourth-order valence-electron chi connectivity index (χ4n) is 3.88. The number of nitrogens with one attached hydrogen (secondary N) is 1. The van der Waals surface area contributed by atoms with E-state index in [-0.39, 0.29) is 12.1 Å². The Balaban J connectivity index is 1.72. The molecule has 156 valence electrons. The van der Waals surface area contributed by atoms with Gasteiger partial charge >= 0.3 is 6.03 Å². The van der Waals surface area contributed by atoms with E-state index in [9.17, 15) is 14.4 Å². The summed E-state index contributed by atoms with van der Waals surface area (Å²) in [5, 5.41) is 2.28. The van der Waals surface area contributed by atoms with Crippen LogP contribution in [-0.2, 0) is 16.1 Å². The summed E-state index contributed by atoms with van der Waals surface area (Å²) in [4.78, 5) is 38.9. The third-order valence-corrected chi connectivity index (χ3v) is 5.50. The topological polar surface area (TPSA) is 71.4 Å². The quantitative estimate of drug-likeness (QED) is 0.518. The summed E-state index contributed by atoms with van der Waals surface area (Å²) in [7, 11) is 0. The van der Waals surface area contributed by atoms with E-state index in [1.807, 2.05) is 81.4 Å². The van der Waals surface area contributed by atoms with Crippen molar-refractivity contribution >= 4 is 23.9 Å². The molecule has 0 saturated carbocycles. The third-order valence-electron chi connectivity index (χ3n) is 5.50. The predicted octanol–water partition coefficient (Wildman–Crippen LogP) is 4.06. The molecule has 1 aromatic heterocycles. The van der Waals surface area contributed by atoms with Gasteiger partial charge in [0, 0.05) is 17.1 Å². The highest BCUT2D eigenvalue weighted by molar-refractivity contribution is 6.31. The molecule has 6 heteroatoms. The molecule has 2 heterocycles. The van der Waals surface area contributed by atoms with Crippen LogP contribution in [0.25, 0.3) is 11.8 Å². The number of imide groups is 2. The monoisotopic (exact) mass is 413 g/mol. The zero-order valence-corrected chi connectivity index (χ0v) is 17.7. The number of barbiturate groups is 1. The van der Waals surface area contributed by atoms with Gasteiger partial charge in [-0.25, -0.2) is 4.79 Å². The lowest BCUT2D eigenvalue weighted by Crippen LogP contribution is -2.53. The average Bonchev–Trinajstić information content (AvgIpc) is 3.02. The van der Waals surface area contributed by atoms with Crippen molar-refractivity contribution in [1.29, 1.82) is 0 Å². The number of hydrogen-bond acceptors (Lipinski definition) is 3. The van der Waals surface area contributed by atoms with Gasteiger partial charge < -0.3 is 4.57 Å². The summed E-state index contributed by atoms with van der Waals surface area (Å²) >= 11 is 0. The first-order chi connectivity index (χ1) is 14.9. The van der Waals surface area contributed by atoms with Gasteiger partial charge in [0.2, 0.25) is 0 Å². The Labute approximate surface area is 180 Å². The zero-order chi connectivity index (χ0) is 22.1. The van der Waals surface area contributed by atoms with E-state index in [1.54, 1.807) is 6.08 Å². The average molecular weight is 413 g/mol. The van der Waals surface area contributed by atoms with E-state index in [1.165, 1.54) is 0 Å². The molecule has 6 nitrogen and oxygen atoms in total. The second-order valence-corrected chi connectivity index (χ2v) is 7.64. The van der Waals surface area contributed by atoms with Crippen LogP contribution in [0.15, 0.2) is 66.2 Å². The molecule has 31 heavy (non-hydrogen) atoms. The van der Waals surface area contributed by atoms with Gasteiger partial charge in [0.05, 0.1) is 6.54 Å². The number of nitrogens with zero attached hydrogens (tertiary/aromatic N) is 2. The first-order valence-corrected chi connectivity index (χ1v) is 10.0. The van der Waals surface area contributed by atoms with E-state index in [2.05, 4.69) is 9.88 Å². The van der Waals surface area contributed by atoms with Crippen LogP contribution in [0, 0.1) is 20.8 Å². The van der Waals surface area contributed by atoms with Crippen molar-refractivity contribution in [1.82, 2.24) is 14.8 Å². The zero-order valence-electron chi connectivity index (χ0n) is 17.7. The van der Waals surface area contributed by atoms with E-state index >= 15 is 0 Å². The van der Waals surface area contributed by atoms with Crippen LogP contribution in [0.2, 0.25) is 0 Å². The first-order valence-electron chi connectivity index (χ1n) is 10.0. The number of urea groups is 1. The molecule has 1 aliphatic rings. The molecule has 1 aliphatic heterocycles. The van der Waals surface area contributed by atoms with E-state index < -0.39 is 17.8 Å². The lowest BCUT2D eigenvalue weighted by molar-refractivity contribution is -0.130. The maximum absolute atomic E-state index is 13.1. The number of carbonyl (C=O) groups excluding carboxylic acids is 3. The summed E-state index contributed by atoms with van der Waals surface area (Å²) < 4.78 is 2.10. The minimum atomic E-state index is -0.707. The van der Waals surface area contributed by atoms with Crippen LogP contribution in [0.4, 0.5) is 4.79 Å². The molecule has 0 unspecified atom stereocenters. The van der Waals surface area contributed by atoms with Crippen LogP contribution in [-0.4, -0.2) is 27.3 Å². The van der Waals surface area contributed by atoms with Gasteiger partial charge in [0.1, 0.15) is 5.57 Å². The summed E-state index contributed by atoms with van der Waals surface area (Å²) in [5.41, 5.74) is 5.56. The smallest absolute Gasteiger partial charge is 0.318 e. The Morgan fingerprint density at radius 1 is 0.903 bits per heavy atom. The van der Waals surface area contributed by atoms with Crippen LogP contribution in [0.1, 0.15) is 28.1 Å². The molecule has 0 bridgehead atoms. The number of hydrogen-bond donors (Lipinski definition) is 1. The maximum atomic E-state index is 13.1. The fraction of sp³-hybridized carbons (Fsp3) is 0.160. The number of para-hydroxylation sites is 1. The number of amides is 4. The largest absolute Gasteiger partial charge is 0.331 e. The van der Waals surface area contributed by atoms with Crippen molar-refractivity contribution in [2.24, 2.45) is 0 Å². The molecule has 0 radical (unpaired) electrons. The van der Waals surface area contributed by atoms with Gasteiger partial charge in [-0.05, 0) is 55.7 Å². The number of rotatable bonds is 4. The second kappa shape index (κ2) is 8.07. The van der Waals surface area contributed by atoms with E-state index in [0.29, 0.717) is 0 Å². The molecule has 1 N–H and O–H groups in total. The molecule has 3 aromatic rings. The first kappa shape index (κ1) is 20.3. The Bertz CT molecular complexity index is 1220. The molecular weight excluding hydrogens is 390 g/mol. The van der Waals surface area contributed by atoms with Gasteiger partial charge in [-0.1, -0.05) is 48.5 Å². The molecule has 0 atom stereocenters. The van der Waals surface area contributed by atoms with Crippen LogP contribution in [0.5, 0.6) is 0 Å². The molecule has 1 saturated heterocycles. The van der Waals surface area contributed by atoms with E-state index in [4.69, 9.17) is 0 Å². The van der Waals surface area contributed by atoms with Gasteiger partial charge in [-0.2, -0.15) is 0 Å². The second-order valence-electron chi connectivity index (χ2n) is 7.64. The highest BCUT2D eigenvalue weighted by atomic mass is 16.2. The Morgan fingerprint density at radius 2 is 1.58 bits per heavy atom. The molecule has 4 amide bonds.